The van der Waals surface area contributed by atoms with Crippen molar-refractivity contribution in [3.63, 3.8) is 0 Å². The number of hydrogen-bond donors (Lipinski definition) is 6. The molecule has 0 bridgehead atoms. The Bertz CT molecular complexity index is 808. The highest BCUT2D eigenvalue weighted by Gasteiger charge is 2.36. The Labute approximate surface area is 214 Å². The molecule has 1 heterocycles. The van der Waals surface area contributed by atoms with E-state index in [0.717, 1.165) is 41.1 Å². The summed E-state index contributed by atoms with van der Waals surface area (Å²) in [6.07, 6.45) is 6.10. The highest BCUT2D eigenvalue weighted by Crippen LogP contribution is 2.36. The molecule has 0 aromatic rings. The van der Waals surface area contributed by atoms with E-state index in [0.29, 0.717) is 0 Å². The molecular formula is C23H36N4O10. The molecule has 6 N–H and O–H groups in total. The summed E-state index contributed by atoms with van der Waals surface area (Å²) >= 11 is 0. The van der Waals surface area contributed by atoms with Crippen molar-refractivity contribution < 1.29 is 49.5 Å². The summed E-state index contributed by atoms with van der Waals surface area (Å²) in [5.74, 6) is -5.86. The van der Waals surface area contributed by atoms with Gasteiger partial charge in [0, 0.05) is 38.1 Å². The van der Waals surface area contributed by atoms with Gasteiger partial charge in [-0.3, -0.25) is 38.7 Å². The van der Waals surface area contributed by atoms with Crippen molar-refractivity contribution in [2.24, 2.45) is 5.92 Å². The average Bonchev–Trinajstić information content (AvgIpc) is 3.19. The normalized spacial score (nSPS) is 19.8. The van der Waals surface area contributed by atoms with Crippen LogP contribution in [0.25, 0.3) is 0 Å². The maximum Gasteiger partial charge on any atom is 0.321 e. The standard InChI is InChI=1S/C23H36N4O10/c28-19(29)11-25(12-20(30)31)5-7-27(8-6-26(13-21(32)33)14-22(34)35)18(23(36)37)9-15-10-24-17-4-2-1-3-16(15)17/h10,16-18,24H,1-9,11-14H2,(H,28,29)(H,30,31)(H,32,33)(H,34,35)(H,36,37)/t16?,17?,18-/m0/s1. The van der Waals surface area contributed by atoms with Gasteiger partial charge in [0.05, 0.1) is 26.2 Å². The van der Waals surface area contributed by atoms with Gasteiger partial charge in [0.2, 0.25) is 0 Å². The Kier molecular flexibility index (Phi) is 11.8. The zero-order chi connectivity index (χ0) is 27.5. The molecule has 14 heteroatoms. The monoisotopic (exact) mass is 528 g/mol. The van der Waals surface area contributed by atoms with Crippen molar-refractivity contribution in [2.75, 3.05) is 52.4 Å². The Hall–Kier alpha value is -3.23. The van der Waals surface area contributed by atoms with Gasteiger partial charge in [0.1, 0.15) is 6.04 Å². The van der Waals surface area contributed by atoms with E-state index in [9.17, 15) is 29.1 Å². The minimum atomic E-state index is -1.23. The molecule has 37 heavy (non-hydrogen) atoms. The van der Waals surface area contributed by atoms with E-state index < -0.39 is 62.1 Å². The lowest BCUT2D eigenvalue weighted by molar-refractivity contribution is -0.146. The zero-order valence-corrected chi connectivity index (χ0v) is 20.6. The van der Waals surface area contributed by atoms with Gasteiger partial charge in [0.15, 0.2) is 0 Å². The molecule has 0 spiro atoms. The SMILES string of the molecule is O=C(O)CN(CCN(CCN(CC(=O)O)CC(=O)O)[C@@H](CC1=CNC2CCCCC12)C(=O)O)CC(=O)O. The number of carboxylic acids is 5. The second-order valence-corrected chi connectivity index (χ2v) is 9.47. The van der Waals surface area contributed by atoms with Gasteiger partial charge in [-0.15, -0.1) is 0 Å². The Morgan fingerprint density at radius 2 is 1.22 bits per heavy atom. The lowest BCUT2D eigenvalue weighted by Crippen LogP contribution is -2.50. The van der Waals surface area contributed by atoms with Crippen LogP contribution in [0.1, 0.15) is 32.1 Å². The van der Waals surface area contributed by atoms with E-state index in [2.05, 4.69) is 5.32 Å². The molecule has 2 unspecified atom stereocenters. The van der Waals surface area contributed by atoms with E-state index >= 15 is 0 Å². The number of nitrogens with one attached hydrogen (secondary N) is 1. The molecule has 2 rings (SSSR count). The van der Waals surface area contributed by atoms with E-state index in [1.165, 1.54) is 4.90 Å². The molecule has 2 aliphatic rings. The Morgan fingerprint density at radius 1 is 0.757 bits per heavy atom. The second-order valence-electron chi connectivity index (χ2n) is 9.47. The molecule has 1 fully saturated rings. The molecule has 3 atom stereocenters. The van der Waals surface area contributed by atoms with Crippen LogP contribution in [0.4, 0.5) is 0 Å². The number of carbonyl (C=O) groups is 5. The van der Waals surface area contributed by atoms with Crippen LogP contribution in [0.5, 0.6) is 0 Å². The van der Waals surface area contributed by atoms with Gasteiger partial charge < -0.3 is 30.8 Å². The first-order valence-corrected chi connectivity index (χ1v) is 12.2. The third-order valence-electron chi connectivity index (χ3n) is 6.72. The number of fused-ring (bicyclic) bond motifs is 1. The minimum absolute atomic E-state index is 0.0136. The fourth-order valence-corrected chi connectivity index (χ4v) is 5.06. The second kappa shape index (κ2) is 14.5. The smallest absolute Gasteiger partial charge is 0.321 e. The van der Waals surface area contributed by atoms with Crippen molar-refractivity contribution in [1.29, 1.82) is 0 Å². The van der Waals surface area contributed by atoms with Gasteiger partial charge in [-0.1, -0.05) is 12.8 Å². The molecule has 0 aromatic heterocycles. The van der Waals surface area contributed by atoms with Crippen LogP contribution in [0.2, 0.25) is 0 Å². The molecule has 1 aliphatic heterocycles. The van der Waals surface area contributed by atoms with Gasteiger partial charge in [-0.05, 0) is 31.0 Å². The topological polar surface area (TPSA) is 208 Å². The molecule has 0 saturated heterocycles. The van der Waals surface area contributed by atoms with Crippen LogP contribution in [-0.4, -0.2) is 135 Å². The Morgan fingerprint density at radius 3 is 1.65 bits per heavy atom. The summed E-state index contributed by atoms with van der Waals surface area (Å²) in [5.41, 5.74) is 0.961. The average molecular weight is 529 g/mol. The third-order valence-corrected chi connectivity index (χ3v) is 6.72. The predicted molar refractivity (Wildman–Crippen MR) is 128 cm³/mol. The highest BCUT2D eigenvalue weighted by molar-refractivity contribution is 5.74. The maximum absolute atomic E-state index is 12.4. The number of rotatable bonds is 18. The molecule has 0 aromatic carbocycles. The fraction of sp³-hybridized carbons (Fsp3) is 0.696. The van der Waals surface area contributed by atoms with Crippen LogP contribution >= 0.6 is 0 Å². The van der Waals surface area contributed by atoms with Crippen molar-refractivity contribution in [3.8, 4) is 0 Å². The van der Waals surface area contributed by atoms with Gasteiger partial charge in [0.25, 0.3) is 0 Å². The fourth-order valence-electron chi connectivity index (χ4n) is 5.06. The molecule has 1 aliphatic carbocycles. The predicted octanol–water partition coefficient (Wildman–Crippen LogP) is -0.880. The minimum Gasteiger partial charge on any atom is -0.480 e. The van der Waals surface area contributed by atoms with Crippen molar-refractivity contribution >= 4 is 29.8 Å². The van der Waals surface area contributed by atoms with Crippen molar-refractivity contribution in [1.82, 2.24) is 20.0 Å². The quantitative estimate of drug-likeness (QED) is 0.128. The first-order valence-electron chi connectivity index (χ1n) is 12.2. The van der Waals surface area contributed by atoms with E-state index in [1.807, 2.05) is 6.20 Å². The first kappa shape index (κ1) is 30.0. The van der Waals surface area contributed by atoms with Gasteiger partial charge in [-0.25, -0.2) is 0 Å². The van der Waals surface area contributed by atoms with E-state index in [-0.39, 0.29) is 44.6 Å². The first-order chi connectivity index (χ1) is 17.5. The largest absolute Gasteiger partial charge is 0.480 e. The Balaban J connectivity index is 2.22. The summed E-state index contributed by atoms with van der Waals surface area (Å²) in [6, 6.07) is -0.795. The molecule has 208 valence electrons. The molecule has 0 amide bonds. The summed E-state index contributed by atoms with van der Waals surface area (Å²) < 4.78 is 0. The molecule has 1 saturated carbocycles. The van der Waals surface area contributed by atoms with Crippen molar-refractivity contribution in [2.45, 2.75) is 44.2 Å². The van der Waals surface area contributed by atoms with Gasteiger partial charge in [-0.2, -0.15) is 0 Å². The molecule has 0 radical (unpaired) electrons. The number of nitrogens with zero attached hydrogens (tertiary/aromatic N) is 3. The summed E-state index contributed by atoms with van der Waals surface area (Å²) in [6.45, 7) is -2.38. The van der Waals surface area contributed by atoms with Crippen molar-refractivity contribution in [3.05, 3.63) is 11.8 Å². The molecular weight excluding hydrogens is 492 g/mol. The van der Waals surface area contributed by atoms with Crippen LogP contribution in [0.15, 0.2) is 11.8 Å². The lowest BCUT2D eigenvalue weighted by atomic mass is 9.80. The summed E-state index contributed by atoms with van der Waals surface area (Å²) in [5, 5.41) is 50.0. The van der Waals surface area contributed by atoms with Crippen LogP contribution in [0.3, 0.4) is 0 Å². The zero-order valence-electron chi connectivity index (χ0n) is 20.6. The number of aliphatic carboxylic acids is 5. The summed E-state index contributed by atoms with van der Waals surface area (Å²) in [4.78, 5) is 61.0. The maximum atomic E-state index is 12.4. The lowest BCUT2D eigenvalue weighted by Gasteiger charge is -2.34. The van der Waals surface area contributed by atoms with E-state index in [1.54, 1.807) is 0 Å². The number of carboxylic acid groups (broad SMARTS) is 5. The summed E-state index contributed by atoms with van der Waals surface area (Å²) in [7, 11) is 0. The van der Waals surface area contributed by atoms with Gasteiger partial charge >= 0.3 is 29.8 Å². The van der Waals surface area contributed by atoms with Crippen LogP contribution in [0, 0.1) is 5.92 Å². The number of hydrogen-bond acceptors (Lipinski definition) is 9. The highest BCUT2D eigenvalue weighted by atomic mass is 16.4. The third kappa shape index (κ3) is 10.3. The van der Waals surface area contributed by atoms with Crippen LogP contribution < -0.4 is 5.32 Å². The molecule has 14 nitrogen and oxygen atoms in total. The van der Waals surface area contributed by atoms with E-state index in [4.69, 9.17) is 20.4 Å². The van der Waals surface area contributed by atoms with Crippen LogP contribution in [-0.2, 0) is 24.0 Å².